The number of aliphatic imine (C=N–C) groups is 1. The van der Waals surface area contributed by atoms with Gasteiger partial charge < -0.3 is 21.3 Å². The molecule has 1 heterocycles. The van der Waals surface area contributed by atoms with Crippen LogP contribution in [0, 0.1) is 0 Å². The molecule has 7 nitrogen and oxygen atoms in total. The van der Waals surface area contributed by atoms with E-state index >= 15 is 0 Å². The highest BCUT2D eigenvalue weighted by atomic mass is 19.4. The third-order valence-corrected chi connectivity index (χ3v) is 3.21. The zero-order chi connectivity index (χ0) is 18.9. The van der Waals surface area contributed by atoms with Gasteiger partial charge >= 0.3 is 12.1 Å². The monoisotopic (exact) mass is 362 g/mol. The smallest absolute Gasteiger partial charge is 0.490 e. The second-order valence-electron chi connectivity index (χ2n) is 5.23. The molecule has 0 aliphatic carbocycles. The van der Waals surface area contributed by atoms with E-state index in [4.69, 9.17) is 26.1 Å². The Bertz CT molecular complexity index is 566. The maximum atomic E-state index is 10.6. The van der Waals surface area contributed by atoms with Crippen molar-refractivity contribution in [3.05, 3.63) is 24.3 Å². The Morgan fingerprint density at radius 1 is 1.20 bits per heavy atom. The van der Waals surface area contributed by atoms with E-state index in [1.165, 1.54) is 25.9 Å². The summed E-state index contributed by atoms with van der Waals surface area (Å²) in [4.78, 5) is 15.3. The van der Waals surface area contributed by atoms with E-state index in [2.05, 4.69) is 9.89 Å². The predicted molar refractivity (Wildman–Crippen MR) is 86.8 cm³/mol. The summed E-state index contributed by atoms with van der Waals surface area (Å²) in [5.74, 6) is -1.84. The van der Waals surface area contributed by atoms with E-state index in [9.17, 15) is 13.2 Å². The molecular weight excluding hydrogens is 341 g/mol. The van der Waals surface area contributed by atoms with Gasteiger partial charge in [0.2, 0.25) is 0 Å². The summed E-state index contributed by atoms with van der Waals surface area (Å²) < 4.78 is 37.4. The predicted octanol–water partition coefficient (Wildman–Crippen LogP) is 1.70. The number of alkyl halides is 3. The molecule has 0 saturated carbocycles. The number of hydrogen-bond donors (Lipinski definition) is 3. The minimum Gasteiger partial charge on any atom is -0.492 e. The third-order valence-electron chi connectivity index (χ3n) is 3.21. The lowest BCUT2D eigenvalue weighted by Gasteiger charge is -2.14. The maximum absolute atomic E-state index is 10.6. The van der Waals surface area contributed by atoms with Crippen LogP contribution in [0.15, 0.2) is 29.3 Å². The zero-order valence-electron chi connectivity index (χ0n) is 13.5. The van der Waals surface area contributed by atoms with Crippen LogP contribution in [0.2, 0.25) is 0 Å². The van der Waals surface area contributed by atoms with E-state index in [1.54, 1.807) is 0 Å². The lowest BCUT2D eigenvalue weighted by Crippen LogP contribution is -2.25. The Balaban J connectivity index is 0.000000381. The zero-order valence-corrected chi connectivity index (χ0v) is 13.5. The second kappa shape index (κ2) is 9.72. The molecule has 0 radical (unpaired) electrons. The van der Waals surface area contributed by atoms with Crippen molar-refractivity contribution in [3.63, 3.8) is 0 Å². The number of hydrogen-bond acceptors (Lipinski definition) is 4. The fourth-order valence-electron chi connectivity index (χ4n) is 2.06. The number of carboxylic acid groups (broad SMARTS) is 1. The van der Waals surface area contributed by atoms with Crippen molar-refractivity contribution in [1.82, 2.24) is 4.90 Å². The number of benzene rings is 1. The molecule has 0 spiro atoms. The molecule has 10 heteroatoms. The highest BCUT2D eigenvalue weighted by Gasteiger charge is 2.38. The second-order valence-corrected chi connectivity index (χ2v) is 5.23. The first-order chi connectivity index (χ1) is 11.7. The Morgan fingerprint density at radius 2 is 1.72 bits per heavy atom. The van der Waals surface area contributed by atoms with Gasteiger partial charge in [0, 0.05) is 6.54 Å². The number of nitrogens with two attached hydrogens (primary N) is 2. The lowest BCUT2D eigenvalue weighted by molar-refractivity contribution is -0.192. The molecule has 0 atom stereocenters. The Hall–Kier alpha value is -2.49. The van der Waals surface area contributed by atoms with Crippen LogP contribution in [-0.2, 0) is 4.79 Å². The Kier molecular flexibility index (Phi) is 7.99. The molecule has 1 aromatic carbocycles. The van der Waals surface area contributed by atoms with Gasteiger partial charge in [-0.05, 0) is 50.2 Å². The van der Waals surface area contributed by atoms with Crippen LogP contribution in [0.1, 0.15) is 12.8 Å². The standard InChI is InChI=1S/C13H20N4O.C2HF3O2/c14-13(15)16-11-3-5-12(6-4-11)18-10-9-17-7-1-2-8-17;3-2(4,5)1(6)7/h3-6H,1-2,7-10H2,(H4,14,15,16);(H,6,7). The van der Waals surface area contributed by atoms with Gasteiger partial charge in [-0.15, -0.1) is 0 Å². The number of guanidine groups is 1. The van der Waals surface area contributed by atoms with Gasteiger partial charge in [0.1, 0.15) is 12.4 Å². The number of aliphatic carboxylic acids is 1. The van der Waals surface area contributed by atoms with E-state index in [-0.39, 0.29) is 5.96 Å². The molecule has 2 rings (SSSR count). The molecular formula is C15H21F3N4O3. The lowest BCUT2D eigenvalue weighted by atomic mass is 10.3. The minimum absolute atomic E-state index is 0.0673. The average molecular weight is 362 g/mol. The van der Waals surface area contributed by atoms with Crippen molar-refractivity contribution in [2.45, 2.75) is 19.0 Å². The van der Waals surface area contributed by atoms with Crippen LogP contribution in [0.5, 0.6) is 5.75 Å². The van der Waals surface area contributed by atoms with Crippen molar-refractivity contribution in [2.75, 3.05) is 26.2 Å². The summed E-state index contributed by atoms with van der Waals surface area (Å²) in [6.45, 7) is 4.12. The van der Waals surface area contributed by atoms with Crippen LogP contribution in [-0.4, -0.2) is 54.4 Å². The summed E-state index contributed by atoms with van der Waals surface area (Å²) >= 11 is 0. The normalized spacial score (nSPS) is 14.4. The topological polar surface area (TPSA) is 114 Å². The largest absolute Gasteiger partial charge is 0.492 e. The Labute approximate surface area is 143 Å². The molecule has 1 aliphatic rings. The van der Waals surface area contributed by atoms with Gasteiger partial charge in [-0.3, -0.25) is 4.90 Å². The highest BCUT2D eigenvalue weighted by Crippen LogP contribution is 2.18. The fourth-order valence-corrected chi connectivity index (χ4v) is 2.06. The molecule has 0 unspecified atom stereocenters. The molecule has 1 saturated heterocycles. The number of carbonyl (C=O) groups is 1. The van der Waals surface area contributed by atoms with Gasteiger partial charge in [-0.25, -0.2) is 9.79 Å². The van der Waals surface area contributed by atoms with Crippen molar-refractivity contribution in [3.8, 4) is 5.75 Å². The molecule has 0 aromatic heterocycles. The summed E-state index contributed by atoms with van der Waals surface area (Å²) in [5, 5.41) is 7.12. The van der Waals surface area contributed by atoms with E-state index < -0.39 is 12.1 Å². The van der Waals surface area contributed by atoms with Gasteiger partial charge in [0.15, 0.2) is 5.96 Å². The maximum Gasteiger partial charge on any atom is 0.490 e. The Morgan fingerprint density at radius 3 is 2.16 bits per heavy atom. The molecule has 1 fully saturated rings. The van der Waals surface area contributed by atoms with Crippen LogP contribution in [0.25, 0.3) is 0 Å². The van der Waals surface area contributed by atoms with Crippen molar-refractivity contribution in [1.29, 1.82) is 0 Å². The first-order valence-electron chi connectivity index (χ1n) is 7.53. The third kappa shape index (κ3) is 8.80. The number of rotatable bonds is 5. The van der Waals surface area contributed by atoms with Crippen LogP contribution >= 0.6 is 0 Å². The van der Waals surface area contributed by atoms with Crippen molar-refractivity contribution in [2.24, 2.45) is 16.5 Å². The van der Waals surface area contributed by atoms with E-state index in [0.717, 1.165) is 24.6 Å². The van der Waals surface area contributed by atoms with Crippen molar-refractivity contribution >= 4 is 17.6 Å². The van der Waals surface area contributed by atoms with Gasteiger partial charge in [0.25, 0.3) is 0 Å². The molecule has 0 bridgehead atoms. The van der Waals surface area contributed by atoms with Gasteiger partial charge in [-0.1, -0.05) is 0 Å². The molecule has 5 N–H and O–H groups in total. The first kappa shape index (κ1) is 20.6. The van der Waals surface area contributed by atoms with Crippen LogP contribution < -0.4 is 16.2 Å². The summed E-state index contributed by atoms with van der Waals surface area (Å²) in [7, 11) is 0. The summed E-state index contributed by atoms with van der Waals surface area (Å²) in [5.41, 5.74) is 11.3. The first-order valence-corrected chi connectivity index (χ1v) is 7.53. The molecule has 140 valence electrons. The SMILES string of the molecule is NC(N)=Nc1ccc(OCCN2CCCC2)cc1.O=C(O)C(F)(F)F. The van der Waals surface area contributed by atoms with Crippen molar-refractivity contribution < 1.29 is 27.8 Å². The van der Waals surface area contributed by atoms with E-state index in [1.807, 2.05) is 24.3 Å². The van der Waals surface area contributed by atoms with Crippen LogP contribution in [0.4, 0.5) is 18.9 Å². The minimum atomic E-state index is -5.08. The van der Waals surface area contributed by atoms with E-state index in [0.29, 0.717) is 0 Å². The summed E-state index contributed by atoms with van der Waals surface area (Å²) in [6.07, 6.45) is -2.46. The number of ether oxygens (including phenoxy) is 1. The number of nitrogens with zero attached hydrogens (tertiary/aromatic N) is 2. The molecule has 25 heavy (non-hydrogen) atoms. The number of carboxylic acids is 1. The molecule has 1 aliphatic heterocycles. The fraction of sp³-hybridized carbons (Fsp3) is 0.467. The van der Waals surface area contributed by atoms with Crippen LogP contribution in [0.3, 0.4) is 0 Å². The average Bonchev–Trinajstić information content (AvgIpc) is 3.01. The quantitative estimate of drug-likeness (QED) is 0.543. The molecule has 1 aromatic rings. The highest BCUT2D eigenvalue weighted by molar-refractivity contribution is 5.79. The summed E-state index contributed by atoms with van der Waals surface area (Å²) in [6, 6.07) is 7.44. The molecule has 0 amide bonds. The number of halogens is 3. The van der Waals surface area contributed by atoms with Gasteiger partial charge in [-0.2, -0.15) is 13.2 Å². The van der Waals surface area contributed by atoms with Gasteiger partial charge in [0.05, 0.1) is 5.69 Å². The number of likely N-dealkylation sites (tertiary alicyclic amines) is 1.